The fraction of sp³-hybridized carbons (Fsp3) is 0.647. The monoisotopic (exact) mass is 436 g/mol. The lowest BCUT2D eigenvalue weighted by Gasteiger charge is -2.36. The summed E-state index contributed by atoms with van der Waals surface area (Å²) in [5, 5.41) is 3.31. The lowest BCUT2D eigenvalue weighted by atomic mass is 9.95. The summed E-state index contributed by atoms with van der Waals surface area (Å²) in [7, 11) is 0. The minimum atomic E-state index is -4.74. The third-order valence-corrected chi connectivity index (χ3v) is 4.47. The zero-order chi connectivity index (χ0) is 17.7. The van der Waals surface area contributed by atoms with Crippen LogP contribution in [0.3, 0.4) is 0 Å². The van der Waals surface area contributed by atoms with Crippen LogP contribution in [0.25, 0.3) is 0 Å². The number of alkyl halides is 3. The molecule has 1 aromatic carbocycles. The molecule has 0 unspecified atom stereocenters. The standard InChI is InChI=1S/C17H24ClF3N2O.2ClH/c1-12(2)3-5-15(23-9-7-22-8-10-23)13-4-6-16(14(18)11-13)24-17(19,20)21;;/h4,6,11-12,15,22H,3,5,7-10H2,1-2H3;2*1H/t15-;;/m0../s1. The SMILES string of the molecule is CC(C)CC[C@@H](c1ccc(OC(F)(F)F)c(Cl)c1)N1CCNCC1.Cl.Cl. The first-order valence-corrected chi connectivity index (χ1v) is 8.64. The summed E-state index contributed by atoms with van der Waals surface area (Å²) >= 11 is 6.03. The number of ether oxygens (including phenoxy) is 1. The van der Waals surface area contributed by atoms with E-state index in [1.807, 2.05) is 0 Å². The van der Waals surface area contributed by atoms with Gasteiger partial charge in [0, 0.05) is 32.2 Å². The van der Waals surface area contributed by atoms with E-state index < -0.39 is 6.36 Å². The highest BCUT2D eigenvalue weighted by Gasteiger charge is 2.32. The molecule has 1 fully saturated rings. The summed E-state index contributed by atoms with van der Waals surface area (Å²) in [6, 6.07) is 4.78. The van der Waals surface area contributed by atoms with E-state index in [9.17, 15) is 13.2 Å². The molecule has 1 saturated heterocycles. The van der Waals surface area contributed by atoms with Gasteiger partial charge in [0.15, 0.2) is 0 Å². The van der Waals surface area contributed by atoms with E-state index in [4.69, 9.17) is 11.6 Å². The quantitative estimate of drug-likeness (QED) is 0.639. The summed E-state index contributed by atoms with van der Waals surface area (Å²) < 4.78 is 41.1. The molecule has 0 aliphatic carbocycles. The Labute approximate surface area is 170 Å². The van der Waals surface area contributed by atoms with Crippen molar-refractivity contribution in [3.05, 3.63) is 28.8 Å². The third kappa shape index (κ3) is 8.09. The lowest BCUT2D eigenvalue weighted by Crippen LogP contribution is -2.45. The molecule has 0 amide bonds. The second-order valence-corrected chi connectivity index (χ2v) is 6.92. The van der Waals surface area contributed by atoms with Crippen LogP contribution in [0.4, 0.5) is 13.2 Å². The summed E-state index contributed by atoms with van der Waals surface area (Å²) in [5.41, 5.74) is 0.942. The number of piperazine rings is 1. The molecule has 0 radical (unpaired) electrons. The fourth-order valence-electron chi connectivity index (χ4n) is 2.98. The van der Waals surface area contributed by atoms with Crippen molar-refractivity contribution in [1.82, 2.24) is 10.2 Å². The molecule has 0 saturated carbocycles. The Morgan fingerprint density at radius 1 is 1.15 bits per heavy atom. The van der Waals surface area contributed by atoms with Gasteiger partial charge in [0.05, 0.1) is 5.02 Å². The molecule has 1 atom stereocenters. The van der Waals surface area contributed by atoms with E-state index in [0.717, 1.165) is 44.6 Å². The van der Waals surface area contributed by atoms with E-state index in [-0.39, 0.29) is 41.6 Å². The van der Waals surface area contributed by atoms with Gasteiger partial charge in [-0.3, -0.25) is 4.90 Å². The van der Waals surface area contributed by atoms with Crippen molar-refractivity contribution in [2.24, 2.45) is 5.92 Å². The first-order valence-electron chi connectivity index (χ1n) is 8.26. The van der Waals surface area contributed by atoms with Gasteiger partial charge in [0.25, 0.3) is 0 Å². The van der Waals surface area contributed by atoms with Crippen LogP contribution in [0, 0.1) is 5.92 Å². The van der Waals surface area contributed by atoms with Crippen molar-refractivity contribution in [3.8, 4) is 5.75 Å². The smallest absolute Gasteiger partial charge is 0.404 e. The molecule has 1 heterocycles. The topological polar surface area (TPSA) is 24.5 Å². The maximum Gasteiger partial charge on any atom is 0.573 e. The molecule has 152 valence electrons. The molecule has 9 heteroatoms. The Balaban J connectivity index is 0.00000312. The summed E-state index contributed by atoms with van der Waals surface area (Å²) in [5.74, 6) is 0.217. The van der Waals surface area contributed by atoms with Crippen LogP contribution >= 0.6 is 36.4 Å². The average Bonchev–Trinajstić information content (AvgIpc) is 2.49. The van der Waals surface area contributed by atoms with Gasteiger partial charge in [-0.15, -0.1) is 38.0 Å². The largest absolute Gasteiger partial charge is 0.573 e. The second-order valence-electron chi connectivity index (χ2n) is 6.51. The Morgan fingerprint density at radius 3 is 2.27 bits per heavy atom. The van der Waals surface area contributed by atoms with Gasteiger partial charge in [-0.2, -0.15) is 0 Å². The van der Waals surface area contributed by atoms with Crippen LogP contribution in [-0.2, 0) is 0 Å². The molecule has 1 aliphatic heterocycles. The number of halogens is 6. The molecule has 1 aliphatic rings. The van der Waals surface area contributed by atoms with Gasteiger partial charge < -0.3 is 10.1 Å². The average molecular weight is 438 g/mol. The maximum absolute atomic E-state index is 12.4. The van der Waals surface area contributed by atoms with E-state index in [2.05, 4.69) is 28.8 Å². The summed E-state index contributed by atoms with van der Waals surface area (Å²) in [6.07, 6.45) is -2.73. The Bertz CT molecular complexity index is 538. The highest BCUT2D eigenvalue weighted by atomic mass is 35.5. The summed E-state index contributed by atoms with van der Waals surface area (Å²) in [4.78, 5) is 2.37. The van der Waals surface area contributed by atoms with Crippen LogP contribution in [-0.4, -0.2) is 37.4 Å². The predicted octanol–water partition coefficient (Wildman–Crippen LogP) is 5.46. The van der Waals surface area contributed by atoms with Crippen LogP contribution in [0.15, 0.2) is 18.2 Å². The molecule has 26 heavy (non-hydrogen) atoms. The highest BCUT2D eigenvalue weighted by molar-refractivity contribution is 6.32. The lowest BCUT2D eigenvalue weighted by molar-refractivity contribution is -0.274. The molecular weight excluding hydrogens is 412 g/mol. The van der Waals surface area contributed by atoms with Gasteiger partial charge in [-0.1, -0.05) is 31.5 Å². The molecule has 0 bridgehead atoms. The number of rotatable bonds is 6. The minimum Gasteiger partial charge on any atom is -0.404 e. The number of benzene rings is 1. The van der Waals surface area contributed by atoms with E-state index in [0.29, 0.717) is 5.92 Å². The predicted molar refractivity (Wildman–Crippen MR) is 104 cm³/mol. The van der Waals surface area contributed by atoms with Gasteiger partial charge in [-0.05, 0) is 36.5 Å². The molecule has 1 N–H and O–H groups in total. The van der Waals surface area contributed by atoms with E-state index in [1.54, 1.807) is 12.1 Å². The van der Waals surface area contributed by atoms with Crippen molar-refractivity contribution in [2.45, 2.75) is 39.1 Å². The number of nitrogens with zero attached hydrogens (tertiary/aromatic N) is 1. The van der Waals surface area contributed by atoms with Gasteiger partial charge in [0.1, 0.15) is 5.75 Å². The number of hydrogen-bond donors (Lipinski definition) is 1. The number of nitrogens with one attached hydrogen (secondary N) is 1. The van der Waals surface area contributed by atoms with Crippen LogP contribution in [0.2, 0.25) is 5.02 Å². The van der Waals surface area contributed by atoms with Gasteiger partial charge >= 0.3 is 6.36 Å². The zero-order valence-corrected chi connectivity index (χ0v) is 17.2. The molecule has 0 spiro atoms. The number of hydrogen-bond acceptors (Lipinski definition) is 3. The van der Waals surface area contributed by atoms with Crippen molar-refractivity contribution in [2.75, 3.05) is 26.2 Å². The fourth-order valence-corrected chi connectivity index (χ4v) is 3.20. The normalized spacial score (nSPS) is 16.6. The van der Waals surface area contributed by atoms with Crippen molar-refractivity contribution < 1.29 is 17.9 Å². The molecular formula is C17H26Cl3F3N2O. The van der Waals surface area contributed by atoms with Crippen molar-refractivity contribution in [1.29, 1.82) is 0 Å². The van der Waals surface area contributed by atoms with Crippen molar-refractivity contribution >= 4 is 36.4 Å². The molecule has 0 aromatic heterocycles. The van der Waals surface area contributed by atoms with Crippen molar-refractivity contribution in [3.63, 3.8) is 0 Å². The van der Waals surface area contributed by atoms with E-state index >= 15 is 0 Å². The van der Waals surface area contributed by atoms with Gasteiger partial charge in [0.2, 0.25) is 0 Å². The Morgan fingerprint density at radius 2 is 1.77 bits per heavy atom. The minimum absolute atomic E-state index is 0. The highest BCUT2D eigenvalue weighted by Crippen LogP contribution is 2.35. The third-order valence-electron chi connectivity index (χ3n) is 4.18. The van der Waals surface area contributed by atoms with Crippen LogP contribution in [0.1, 0.15) is 38.3 Å². The second kappa shape index (κ2) is 11.4. The zero-order valence-electron chi connectivity index (χ0n) is 14.8. The van der Waals surface area contributed by atoms with Gasteiger partial charge in [-0.25, -0.2) is 0 Å². The first kappa shape index (κ1) is 25.6. The van der Waals surface area contributed by atoms with E-state index in [1.165, 1.54) is 6.07 Å². The van der Waals surface area contributed by atoms with Crippen LogP contribution < -0.4 is 10.1 Å². The van der Waals surface area contributed by atoms with Crippen LogP contribution in [0.5, 0.6) is 5.75 Å². The molecule has 1 aromatic rings. The Hall–Kier alpha value is -0.400. The Kier molecular flexibility index (Phi) is 11.3. The molecule has 3 nitrogen and oxygen atoms in total. The summed E-state index contributed by atoms with van der Waals surface area (Å²) in [6.45, 7) is 8.01. The maximum atomic E-state index is 12.4. The first-order chi connectivity index (χ1) is 11.3. The molecule has 2 rings (SSSR count).